The molecule has 0 radical (unpaired) electrons. The molecule has 3 atom stereocenters. The van der Waals surface area contributed by atoms with Crippen LogP contribution in [0.2, 0.25) is 0 Å². The number of hydrogen-bond donors (Lipinski definition) is 3. The third-order valence-electron chi connectivity index (χ3n) is 6.97. The number of likely N-dealkylation sites (tertiary alicyclic amines) is 1. The SMILES string of the molecule is C=CC(=O)O.COc1ccc2cc(C3CCN(CC(O)COc4cccc5[nH]c(C)cc45)C(C)C3)sc2c1. The van der Waals surface area contributed by atoms with Crippen molar-refractivity contribution in [1.29, 1.82) is 0 Å². The number of carboxylic acid groups (broad SMARTS) is 1. The van der Waals surface area contributed by atoms with Crippen LogP contribution in [-0.2, 0) is 4.79 Å². The van der Waals surface area contributed by atoms with Crippen LogP contribution in [0.1, 0.15) is 36.3 Å². The average molecular weight is 537 g/mol. The lowest BCUT2D eigenvalue weighted by molar-refractivity contribution is -0.131. The Balaban J connectivity index is 0.000000617. The van der Waals surface area contributed by atoms with E-state index < -0.39 is 12.1 Å². The van der Waals surface area contributed by atoms with Crippen LogP contribution >= 0.6 is 11.3 Å². The number of hydrogen-bond acceptors (Lipinski definition) is 6. The Labute approximate surface area is 227 Å². The molecule has 5 rings (SSSR count). The minimum Gasteiger partial charge on any atom is -0.497 e. The van der Waals surface area contributed by atoms with Crippen LogP contribution in [0.25, 0.3) is 21.0 Å². The number of aromatic nitrogens is 1. The number of ether oxygens (including phenoxy) is 2. The molecule has 1 fully saturated rings. The van der Waals surface area contributed by atoms with E-state index in [-0.39, 0.29) is 0 Å². The number of H-pyrrole nitrogens is 1. The highest BCUT2D eigenvalue weighted by Crippen LogP contribution is 2.39. The molecule has 0 bridgehead atoms. The number of piperidine rings is 1. The Morgan fingerprint density at radius 2 is 2.08 bits per heavy atom. The Morgan fingerprint density at radius 3 is 2.79 bits per heavy atom. The lowest BCUT2D eigenvalue weighted by Crippen LogP contribution is -2.45. The molecule has 2 aromatic carbocycles. The standard InChI is InChI=1S/C27H32N2O3S.C3H4O2/c1-17-11-23-24(28-17)5-4-6-25(23)32-16-21(30)15-29-10-9-20(12-18(29)2)26-13-19-7-8-22(31-3)14-27(19)33-26;1-2-3(4)5/h4-8,11,13-14,18,20-21,28,30H,9-10,12,15-16H2,1-3H3;2H,1H2,(H,4,5). The van der Waals surface area contributed by atoms with E-state index in [2.05, 4.69) is 47.7 Å². The van der Waals surface area contributed by atoms with Gasteiger partial charge in [0.05, 0.1) is 7.11 Å². The number of aliphatic hydroxyl groups excluding tert-OH is 1. The Kier molecular flexibility index (Phi) is 9.09. The first-order valence-electron chi connectivity index (χ1n) is 12.8. The highest BCUT2D eigenvalue weighted by atomic mass is 32.1. The number of nitrogens with one attached hydrogen (secondary N) is 1. The first kappa shape index (κ1) is 27.7. The van der Waals surface area contributed by atoms with E-state index in [1.807, 2.05) is 42.5 Å². The number of aromatic amines is 1. The first-order chi connectivity index (χ1) is 18.3. The molecule has 0 spiro atoms. The van der Waals surface area contributed by atoms with Crippen LogP contribution in [0.3, 0.4) is 0 Å². The van der Waals surface area contributed by atoms with Gasteiger partial charge in [0.15, 0.2) is 0 Å². The molecule has 4 aromatic rings. The normalized spacial score (nSPS) is 18.5. The highest BCUT2D eigenvalue weighted by molar-refractivity contribution is 7.19. The minimum absolute atomic E-state index is 0.300. The molecule has 3 heterocycles. The quantitative estimate of drug-likeness (QED) is 0.240. The van der Waals surface area contributed by atoms with E-state index in [0.29, 0.717) is 25.1 Å². The second-order valence-electron chi connectivity index (χ2n) is 9.79. The fraction of sp³-hybridized carbons (Fsp3) is 0.367. The molecule has 1 aliphatic rings. The number of thiophene rings is 1. The van der Waals surface area contributed by atoms with Gasteiger partial charge < -0.3 is 24.7 Å². The highest BCUT2D eigenvalue weighted by Gasteiger charge is 2.29. The number of β-amino-alcohol motifs (C(OH)–C–C–N with tert-alkyl or cyclic N) is 1. The number of aliphatic carboxylic acids is 1. The summed E-state index contributed by atoms with van der Waals surface area (Å²) in [6, 6.07) is 17.2. The van der Waals surface area contributed by atoms with Crippen molar-refractivity contribution in [3.8, 4) is 11.5 Å². The van der Waals surface area contributed by atoms with Crippen molar-refractivity contribution in [3.05, 3.63) is 71.8 Å². The fourth-order valence-corrected chi connectivity index (χ4v) is 6.25. The number of benzene rings is 2. The van der Waals surface area contributed by atoms with Crippen molar-refractivity contribution in [1.82, 2.24) is 9.88 Å². The van der Waals surface area contributed by atoms with Gasteiger partial charge in [0.25, 0.3) is 0 Å². The summed E-state index contributed by atoms with van der Waals surface area (Å²) in [5, 5.41) is 20.7. The number of fused-ring (bicyclic) bond motifs is 2. The third-order valence-corrected chi connectivity index (χ3v) is 8.23. The summed E-state index contributed by atoms with van der Waals surface area (Å²) in [6.07, 6.45) is 2.54. The Morgan fingerprint density at radius 1 is 1.29 bits per heavy atom. The number of rotatable bonds is 8. The molecular formula is C30H36N2O5S. The van der Waals surface area contributed by atoms with Gasteiger partial charge >= 0.3 is 5.97 Å². The number of carboxylic acids is 1. The van der Waals surface area contributed by atoms with Crippen LogP contribution in [0, 0.1) is 6.92 Å². The summed E-state index contributed by atoms with van der Waals surface area (Å²) in [6.45, 7) is 9.21. The van der Waals surface area contributed by atoms with Gasteiger partial charge in [-0.1, -0.05) is 12.6 Å². The molecule has 1 aliphatic heterocycles. The van der Waals surface area contributed by atoms with Crippen LogP contribution in [0.15, 0.2) is 61.2 Å². The average Bonchev–Trinajstić information content (AvgIpc) is 3.51. The maximum Gasteiger partial charge on any atom is 0.327 e. The summed E-state index contributed by atoms with van der Waals surface area (Å²) in [5.41, 5.74) is 2.17. The number of nitrogens with zero attached hydrogens (tertiary/aromatic N) is 1. The summed E-state index contributed by atoms with van der Waals surface area (Å²) >= 11 is 1.89. The molecule has 3 N–H and O–H groups in total. The van der Waals surface area contributed by atoms with E-state index in [1.54, 1.807) is 7.11 Å². The van der Waals surface area contributed by atoms with Crippen molar-refractivity contribution in [2.24, 2.45) is 0 Å². The van der Waals surface area contributed by atoms with Gasteiger partial charge in [-0.3, -0.25) is 4.90 Å². The van der Waals surface area contributed by atoms with E-state index in [4.69, 9.17) is 14.6 Å². The van der Waals surface area contributed by atoms with Crippen LogP contribution in [0.5, 0.6) is 11.5 Å². The number of aryl methyl sites for hydroxylation is 1. The maximum atomic E-state index is 10.7. The second-order valence-corrected chi connectivity index (χ2v) is 10.9. The molecule has 0 amide bonds. The number of aliphatic hydroxyl groups is 1. The van der Waals surface area contributed by atoms with Gasteiger partial charge in [0, 0.05) is 44.8 Å². The van der Waals surface area contributed by atoms with E-state index in [9.17, 15) is 9.90 Å². The zero-order valence-corrected chi connectivity index (χ0v) is 23.0. The Hall–Kier alpha value is -3.33. The predicted octanol–water partition coefficient (Wildman–Crippen LogP) is 5.96. The zero-order valence-electron chi connectivity index (χ0n) is 22.1. The number of methoxy groups -OCH3 is 1. The molecule has 3 unspecified atom stereocenters. The van der Waals surface area contributed by atoms with Gasteiger partial charge in [0.2, 0.25) is 0 Å². The van der Waals surface area contributed by atoms with E-state index in [1.165, 1.54) is 15.0 Å². The molecule has 0 aliphatic carbocycles. The molecule has 7 nitrogen and oxygen atoms in total. The van der Waals surface area contributed by atoms with Gasteiger partial charge in [-0.15, -0.1) is 11.3 Å². The van der Waals surface area contributed by atoms with Gasteiger partial charge in [-0.05, 0) is 87.0 Å². The first-order valence-corrected chi connectivity index (χ1v) is 13.6. The fourth-order valence-electron chi connectivity index (χ4n) is 5.01. The zero-order chi connectivity index (χ0) is 27.2. The second kappa shape index (κ2) is 12.5. The van der Waals surface area contributed by atoms with E-state index >= 15 is 0 Å². The summed E-state index contributed by atoms with van der Waals surface area (Å²) in [7, 11) is 1.72. The van der Waals surface area contributed by atoms with E-state index in [0.717, 1.165) is 53.6 Å². The lowest BCUT2D eigenvalue weighted by Gasteiger charge is -2.38. The van der Waals surface area contributed by atoms with Gasteiger partial charge in [-0.25, -0.2) is 4.79 Å². The summed E-state index contributed by atoms with van der Waals surface area (Å²) in [4.78, 5) is 16.4. The van der Waals surface area contributed by atoms with Crippen LogP contribution in [0.4, 0.5) is 0 Å². The smallest absolute Gasteiger partial charge is 0.327 e. The summed E-state index contributed by atoms with van der Waals surface area (Å²) < 4.78 is 12.7. The molecule has 202 valence electrons. The van der Waals surface area contributed by atoms with Crippen molar-refractivity contribution in [2.75, 3.05) is 26.8 Å². The lowest BCUT2D eigenvalue weighted by atomic mass is 9.90. The van der Waals surface area contributed by atoms with Crippen molar-refractivity contribution >= 4 is 38.3 Å². The topological polar surface area (TPSA) is 95.0 Å². The van der Waals surface area contributed by atoms with Crippen LogP contribution in [-0.4, -0.2) is 65.0 Å². The largest absolute Gasteiger partial charge is 0.497 e. The molecule has 0 saturated carbocycles. The molecule has 8 heteroatoms. The van der Waals surface area contributed by atoms with Gasteiger partial charge in [0.1, 0.15) is 24.2 Å². The minimum atomic E-state index is -0.981. The number of carbonyl (C=O) groups is 1. The predicted molar refractivity (Wildman–Crippen MR) is 154 cm³/mol. The van der Waals surface area contributed by atoms with Crippen molar-refractivity contribution in [2.45, 2.75) is 44.8 Å². The molecular weight excluding hydrogens is 500 g/mol. The monoisotopic (exact) mass is 536 g/mol. The summed E-state index contributed by atoms with van der Waals surface area (Å²) in [5.74, 6) is 1.33. The van der Waals surface area contributed by atoms with Crippen molar-refractivity contribution < 1.29 is 24.5 Å². The molecule has 2 aromatic heterocycles. The maximum absolute atomic E-state index is 10.7. The molecule has 38 heavy (non-hydrogen) atoms. The van der Waals surface area contributed by atoms with Crippen LogP contribution < -0.4 is 9.47 Å². The van der Waals surface area contributed by atoms with Crippen molar-refractivity contribution in [3.63, 3.8) is 0 Å². The Bertz CT molecular complexity index is 1390. The third kappa shape index (κ3) is 6.75. The van der Waals surface area contributed by atoms with Gasteiger partial charge in [-0.2, -0.15) is 0 Å². The molecule has 1 saturated heterocycles.